The molecule has 6 heteroatoms. The lowest BCUT2D eigenvalue weighted by atomic mass is 10.2. The fourth-order valence-electron chi connectivity index (χ4n) is 2.74. The van der Waals surface area contributed by atoms with Crippen LogP contribution in [0.5, 0.6) is 11.5 Å². The van der Waals surface area contributed by atoms with Gasteiger partial charge in [-0.2, -0.15) is 0 Å². The minimum Gasteiger partial charge on any atom is -0.493 e. The minimum absolute atomic E-state index is 0.553. The lowest BCUT2D eigenvalue weighted by Gasteiger charge is -2.13. The number of nitrogens with one attached hydrogen (secondary N) is 3. The molecule has 3 aromatic rings. The lowest BCUT2D eigenvalue weighted by Crippen LogP contribution is -2.30. The van der Waals surface area contributed by atoms with Crippen molar-refractivity contribution >= 4 is 22.5 Å². The van der Waals surface area contributed by atoms with E-state index < -0.39 is 0 Å². The molecule has 26 heavy (non-hydrogen) atoms. The molecule has 0 amide bonds. The predicted octanol–water partition coefficient (Wildman–Crippen LogP) is 3.76. The number of hydrogen-bond donors (Lipinski definition) is 3. The van der Waals surface area contributed by atoms with Crippen LogP contribution in [0.25, 0.3) is 10.9 Å². The minimum atomic E-state index is 0.553. The topological polar surface area (TPSA) is 70.7 Å². The van der Waals surface area contributed by atoms with Crippen molar-refractivity contribution in [1.29, 1.82) is 0 Å². The highest BCUT2D eigenvalue weighted by Gasteiger charge is 2.06. The van der Waals surface area contributed by atoms with Gasteiger partial charge in [0.1, 0.15) is 0 Å². The third-order valence-electron chi connectivity index (χ3n) is 3.98. The fourth-order valence-corrected chi connectivity index (χ4v) is 2.74. The van der Waals surface area contributed by atoms with E-state index in [9.17, 15) is 0 Å². The summed E-state index contributed by atoms with van der Waals surface area (Å²) in [4.78, 5) is 8.05. The summed E-state index contributed by atoms with van der Waals surface area (Å²) < 4.78 is 10.6. The number of aromatic nitrogens is 1. The second kappa shape index (κ2) is 8.29. The Morgan fingerprint density at radius 2 is 1.85 bits per heavy atom. The molecule has 0 unspecified atom stereocenters. The van der Waals surface area contributed by atoms with E-state index in [2.05, 4.69) is 38.8 Å². The molecule has 0 atom stereocenters. The summed E-state index contributed by atoms with van der Waals surface area (Å²) in [5, 5.41) is 7.74. The summed E-state index contributed by atoms with van der Waals surface area (Å²) in [5.41, 5.74) is 3.06. The maximum absolute atomic E-state index is 5.35. The van der Waals surface area contributed by atoms with Crippen LogP contribution in [-0.2, 0) is 6.54 Å². The number of aromatic amines is 1. The number of guanidine groups is 1. The Morgan fingerprint density at radius 1 is 1.04 bits per heavy atom. The molecular formula is C20H24N4O2. The molecule has 3 rings (SSSR count). The van der Waals surface area contributed by atoms with Crippen LogP contribution in [0.1, 0.15) is 12.6 Å². The first-order valence-electron chi connectivity index (χ1n) is 8.57. The molecule has 1 heterocycles. The third kappa shape index (κ3) is 4.08. The number of H-pyrrole nitrogens is 1. The number of ether oxygens (including phenoxy) is 2. The van der Waals surface area contributed by atoms with Crippen LogP contribution in [-0.4, -0.2) is 31.7 Å². The van der Waals surface area contributed by atoms with Crippen molar-refractivity contribution < 1.29 is 9.47 Å². The Bertz CT molecular complexity index is 869. The van der Waals surface area contributed by atoms with E-state index >= 15 is 0 Å². The van der Waals surface area contributed by atoms with Crippen LogP contribution >= 0.6 is 0 Å². The normalized spacial score (nSPS) is 11.4. The number of rotatable bonds is 6. The molecule has 6 nitrogen and oxygen atoms in total. The number of para-hydroxylation sites is 1. The van der Waals surface area contributed by atoms with Gasteiger partial charge >= 0.3 is 0 Å². The lowest BCUT2D eigenvalue weighted by molar-refractivity contribution is 0.355. The van der Waals surface area contributed by atoms with E-state index in [0.717, 1.165) is 23.4 Å². The van der Waals surface area contributed by atoms with Crippen LogP contribution < -0.4 is 20.1 Å². The van der Waals surface area contributed by atoms with Crippen LogP contribution in [0, 0.1) is 0 Å². The predicted molar refractivity (Wildman–Crippen MR) is 106 cm³/mol. The van der Waals surface area contributed by atoms with Crippen molar-refractivity contribution in [2.75, 3.05) is 26.1 Å². The van der Waals surface area contributed by atoms with Gasteiger partial charge in [0.2, 0.25) is 0 Å². The van der Waals surface area contributed by atoms with Gasteiger partial charge in [0.25, 0.3) is 0 Å². The highest BCUT2D eigenvalue weighted by molar-refractivity contribution is 5.94. The van der Waals surface area contributed by atoms with Crippen molar-refractivity contribution in [3.8, 4) is 11.5 Å². The average molecular weight is 352 g/mol. The number of anilines is 1. The Hall–Kier alpha value is -3.15. The second-order valence-electron chi connectivity index (χ2n) is 5.77. The van der Waals surface area contributed by atoms with Crippen LogP contribution in [0.3, 0.4) is 0 Å². The average Bonchev–Trinajstić information content (AvgIpc) is 3.09. The maximum Gasteiger partial charge on any atom is 0.196 e. The van der Waals surface area contributed by atoms with Gasteiger partial charge in [-0.05, 0) is 36.6 Å². The molecule has 3 N–H and O–H groups in total. The summed E-state index contributed by atoms with van der Waals surface area (Å²) in [7, 11) is 3.24. The quantitative estimate of drug-likeness (QED) is 0.467. The zero-order valence-electron chi connectivity index (χ0n) is 15.3. The molecule has 1 aromatic heterocycles. The first-order chi connectivity index (χ1) is 12.7. The summed E-state index contributed by atoms with van der Waals surface area (Å²) in [6.07, 6.45) is 0. The van der Waals surface area contributed by atoms with E-state index in [4.69, 9.17) is 9.47 Å². The van der Waals surface area contributed by atoms with Gasteiger partial charge in [-0.15, -0.1) is 0 Å². The monoisotopic (exact) mass is 352 g/mol. The Kier molecular flexibility index (Phi) is 5.63. The van der Waals surface area contributed by atoms with Crippen LogP contribution in [0.15, 0.2) is 53.5 Å². The van der Waals surface area contributed by atoms with Gasteiger partial charge in [0, 0.05) is 29.5 Å². The standard InChI is InChI=1S/C20H24N4O2/c1-4-21-20(24-15-9-10-18(25-2)19(12-15)26-3)22-13-16-11-14-7-5-6-8-17(14)23-16/h5-12,23H,4,13H2,1-3H3,(H2,21,22,24). The van der Waals surface area contributed by atoms with Gasteiger partial charge in [-0.1, -0.05) is 18.2 Å². The maximum atomic E-state index is 5.35. The number of hydrogen-bond acceptors (Lipinski definition) is 3. The zero-order chi connectivity index (χ0) is 18.4. The van der Waals surface area contributed by atoms with Crippen molar-refractivity contribution in [2.24, 2.45) is 4.99 Å². The first kappa shape index (κ1) is 17.7. The molecule has 0 aliphatic heterocycles. The van der Waals surface area contributed by atoms with E-state index in [0.29, 0.717) is 24.0 Å². The smallest absolute Gasteiger partial charge is 0.196 e. The van der Waals surface area contributed by atoms with E-state index in [1.807, 2.05) is 37.3 Å². The number of benzene rings is 2. The largest absolute Gasteiger partial charge is 0.493 e. The molecule has 2 aromatic carbocycles. The highest BCUT2D eigenvalue weighted by atomic mass is 16.5. The summed E-state index contributed by atoms with van der Waals surface area (Å²) in [6.45, 7) is 3.36. The number of aliphatic imine (C=N–C) groups is 1. The number of fused-ring (bicyclic) bond motifs is 1. The molecule has 136 valence electrons. The molecule has 0 aliphatic rings. The summed E-state index contributed by atoms with van der Waals surface area (Å²) >= 11 is 0. The Balaban J connectivity index is 1.76. The number of nitrogens with zero attached hydrogens (tertiary/aromatic N) is 1. The molecule has 0 bridgehead atoms. The van der Waals surface area contributed by atoms with Gasteiger partial charge in [-0.25, -0.2) is 4.99 Å². The Morgan fingerprint density at radius 3 is 2.58 bits per heavy atom. The van der Waals surface area contributed by atoms with Gasteiger partial charge in [0.05, 0.1) is 20.8 Å². The van der Waals surface area contributed by atoms with Crippen molar-refractivity contribution in [2.45, 2.75) is 13.5 Å². The molecule has 0 spiro atoms. The second-order valence-corrected chi connectivity index (χ2v) is 5.77. The molecule has 0 saturated heterocycles. The SMILES string of the molecule is CCNC(=NCc1cc2ccccc2[nH]1)Nc1ccc(OC)c(OC)c1. The summed E-state index contributed by atoms with van der Waals surface area (Å²) in [5.74, 6) is 2.07. The molecule has 0 aliphatic carbocycles. The van der Waals surface area contributed by atoms with E-state index in [1.54, 1.807) is 14.2 Å². The Labute approximate surface area is 153 Å². The molecule has 0 fully saturated rings. The van der Waals surface area contributed by atoms with Crippen LogP contribution in [0.4, 0.5) is 5.69 Å². The molecular weight excluding hydrogens is 328 g/mol. The fraction of sp³-hybridized carbons (Fsp3) is 0.250. The van der Waals surface area contributed by atoms with Crippen molar-refractivity contribution in [3.63, 3.8) is 0 Å². The molecule has 0 radical (unpaired) electrons. The van der Waals surface area contributed by atoms with E-state index in [-0.39, 0.29) is 0 Å². The number of methoxy groups -OCH3 is 2. The van der Waals surface area contributed by atoms with Crippen LogP contribution in [0.2, 0.25) is 0 Å². The summed E-state index contributed by atoms with van der Waals surface area (Å²) in [6, 6.07) is 16.0. The van der Waals surface area contributed by atoms with Gasteiger partial charge in [-0.3, -0.25) is 0 Å². The molecule has 0 saturated carbocycles. The highest BCUT2D eigenvalue weighted by Crippen LogP contribution is 2.29. The van der Waals surface area contributed by atoms with Crippen molar-refractivity contribution in [1.82, 2.24) is 10.3 Å². The van der Waals surface area contributed by atoms with Crippen molar-refractivity contribution in [3.05, 3.63) is 54.2 Å². The third-order valence-corrected chi connectivity index (χ3v) is 3.98. The van der Waals surface area contributed by atoms with Gasteiger partial charge in [0.15, 0.2) is 17.5 Å². The zero-order valence-corrected chi connectivity index (χ0v) is 15.3. The first-order valence-corrected chi connectivity index (χ1v) is 8.57. The van der Waals surface area contributed by atoms with E-state index in [1.165, 1.54) is 5.39 Å². The van der Waals surface area contributed by atoms with Gasteiger partial charge < -0.3 is 25.1 Å².